The zero-order valence-corrected chi connectivity index (χ0v) is 42.6. The molecule has 0 aromatic heterocycles. The van der Waals surface area contributed by atoms with Gasteiger partial charge in [0, 0.05) is 6.42 Å². The van der Waals surface area contributed by atoms with Crippen LogP contribution in [0.5, 0.6) is 0 Å². The molecule has 400 valence electrons. The Labute approximate surface area is 411 Å². The standard InChI is InChI=1S/C54H101NO13/c1-3-5-7-9-11-13-15-17-18-19-20-21-22-23-24-26-28-30-32-34-36-38-46(59)55-42(43(58)37-35-33-31-29-27-25-16-14-12-10-8-6-4-2)41-65-53-51(64)49(62)52(45(40-57)67-53)68-54-50(63)48(61)47(60)44(39-56)66-54/h17-18,35,37,42-45,47-54,56-58,60-64H,3-16,19-34,36,38-41H2,1-2H3,(H,55,59)/b18-17-,37-35+/t42-,43+,44?,45?,47-,48?,49?,50?,51?,52+,53+,54-/m0/s1. The van der Waals surface area contributed by atoms with Gasteiger partial charge < -0.3 is 65.1 Å². The van der Waals surface area contributed by atoms with E-state index in [-0.39, 0.29) is 18.9 Å². The van der Waals surface area contributed by atoms with Crippen LogP contribution in [0.1, 0.15) is 219 Å². The van der Waals surface area contributed by atoms with E-state index in [1.807, 2.05) is 6.08 Å². The highest BCUT2D eigenvalue weighted by atomic mass is 16.7. The largest absolute Gasteiger partial charge is 0.394 e. The van der Waals surface area contributed by atoms with Crippen LogP contribution in [-0.2, 0) is 23.7 Å². The maximum absolute atomic E-state index is 13.2. The first-order valence-corrected chi connectivity index (χ1v) is 27.6. The van der Waals surface area contributed by atoms with E-state index in [0.29, 0.717) is 6.42 Å². The number of rotatable bonds is 43. The Hall–Kier alpha value is -1.53. The first-order chi connectivity index (χ1) is 33.1. The molecule has 2 saturated heterocycles. The van der Waals surface area contributed by atoms with Crippen molar-refractivity contribution in [1.82, 2.24) is 5.32 Å². The highest BCUT2D eigenvalue weighted by Gasteiger charge is 2.51. The fourth-order valence-electron chi connectivity index (χ4n) is 9.11. The minimum atomic E-state index is -1.79. The van der Waals surface area contributed by atoms with E-state index in [0.717, 1.165) is 38.5 Å². The monoisotopic (exact) mass is 972 g/mol. The molecular formula is C54H101NO13. The van der Waals surface area contributed by atoms with Crippen LogP contribution in [0.3, 0.4) is 0 Å². The molecular weight excluding hydrogens is 871 g/mol. The minimum Gasteiger partial charge on any atom is -0.394 e. The lowest BCUT2D eigenvalue weighted by Gasteiger charge is -2.46. The van der Waals surface area contributed by atoms with Gasteiger partial charge in [0.05, 0.1) is 32.0 Å². The second-order valence-electron chi connectivity index (χ2n) is 19.7. The van der Waals surface area contributed by atoms with E-state index in [4.69, 9.17) is 18.9 Å². The number of unbranched alkanes of at least 4 members (excludes halogenated alkanes) is 28. The molecule has 0 aliphatic carbocycles. The molecule has 2 aliphatic heterocycles. The second-order valence-corrected chi connectivity index (χ2v) is 19.7. The number of hydrogen-bond donors (Lipinski definition) is 9. The third-order valence-electron chi connectivity index (χ3n) is 13.6. The maximum Gasteiger partial charge on any atom is 0.220 e. The number of amides is 1. The molecule has 14 heteroatoms. The summed E-state index contributed by atoms with van der Waals surface area (Å²) >= 11 is 0. The molecule has 0 saturated carbocycles. The van der Waals surface area contributed by atoms with Gasteiger partial charge in [0.1, 0.15) is 48.8 Å². The van der Waals surface area contributed by atoms with Crippen LogP contribution >= 0.6 is 0 Å². The summed E-state index contributed by atoms with van der Waals surface area (Å²) in [6.07, 6.45) is 29.3. The van der Waals surface area contributed by atoms with Gasteiger partial charge in [0.2, 0.25) is 5.91 Å². The van der Waals surface area contributed by atoms with Gasteiger partial charge >= 0.3 is 0 Å². The Bertz CT molecular complexity index is 1240. The lowest BCUT2D eigenvalue weighted by molar-refractivity contribution is -0.359. The minimum absolute atomic E-state index is 0.240. The van der Waals surface area contributed by atoms with Gasteiger partial charge in [0.25, 0.3) is 0 Å². The topological polar surface area (TPSA) is 228 Å². The average Bonchev–Trinajstić information content (AvgIpc) is 3.34. The van der Waals surface area contributed by atoms with Crippen LogP contribution in [0.15, 0.2) is 24.3 Å². The summed E-state index contributed by atoms with van der Waals surface area (Å²) < 4.78 is 22.7. The van der Waals surface area contributed by atoms with Crippen LogP contribution in [-0.4, -0.2) is 140 Å². The van der Waals surface area contributed by atoms with Crippen molar-refractivity contribution in [2.45, 2.75) is 293 Å². The number of aliphatic hydroxyl groups excluding tert-OH is 8. The number of aliphatic hydroxyl groups is 8. The van der Waals surface area contributed by atoms with Crippen molar-refractivity contribution in [2.75, 3.05) is 19.8 Å². The molecule has 14 nitrogen and oxygen atoms in total. The fourth-order valence-corrected chi connectivity index (χ4v) is 9.11. The summed E-state index contributed by atoms with van der Waals surface area (Å²) in [5, 5.41) is 86.8. The highest BCUT2D eigenvalue weighted by Crippen LogP contribution is 2.30. The van der Waals surface area contributed by atoms with Gasteiger partial charge in [-0.15, -0.1) is 0 Å². The molecule has 2 aliphatic rings. The third kappa shape index (κ3) is 27.3. The van der Waals surface area contributed by atoms with Crippen LogP contribution in [0, 0.1) is 0 Å². The summed E-state index contributed by atoms with van der Waals surface area (Å²) in [6.45, 7) is 2.79. The van der Waals surface area contributed by atoms with Crippen molar-refractivity contribution >= 4 is 5.91 Å². The van der Waals surface area contributed by atoms with Gasteiger partial charge in [0.15, 0.2) is 12.6 Å². The fraction of sp³-hybridized carbons (Fsp3) is 0.907. The predicted molar refractivity (Wildman–Crippen MR) is 268 cm³/mol. The Morgan fingerprint density at radius 1 is 0.515 bits per heavy atom. The van der Waals surface area contributed by atoms with E-state index in [1.54, 1.807) is 6.08 Å². The number of carbonyl (C=O) groups excluding carboxylic acids is 1. The molecule has 12 atom stereocenters. The van der Waals surface area contributed by atoms with Crippen LogP contribution in [0.25, 0.3) is 0 Å². The molecule has 0 bridgehead atoms. The van der Waals surface area contributed by atoms with Crippen molar-refractivity contribution in [3.05, 3.63) is 24.3 Å². The number of allylic oxidation sites excluding steroid dienone is 3. The number of hydrogen-bond acceptors (Lipinski definition) is 13. The van der Waals surface area contributed by atoms with Gasteiger partial charge in [-0.25, -0.2) is 0 Å². The normalized spacial score (nSPS) is 26.5. The van der Waals surface area contributed by atoms with Crippen molar-refractivity contribution in [2.24, 2.45) is 0 Å². The summed E-state index contributed by atoms with van der Waals surface area (Å²) in [7, 11) is 0. The van der Waals surface area contributed by atoms with E-state index < -0.39 is 86.8 Å². The van der Waals surface area contributed by atoms with Crippen LogP contribution in [0.4, 0.5) is 0 Å². The maximum atomic E-state index is 13.2. The van der Waals surface area contributed by atoms with Crippen molar-refractivity contribution in [3.63, 3.8) is 0 Å². The molecule has 68 heavy (non-hydrogen) atoms. The number of ether oxygens (including phenoxy) is 4. The molecule has 2 fully saturated rings. The second kappa shape index (κ2) is 41.0. The zero-order valence-electron chi connectivity index (χ0n) is 42.6. The Morgan fingerprint density at radius 2 is 0.926 bits per heavy atom. The summed E-state index contributed by atoms with van der Waals surface area (Å²) in [5.41, 5.74) is 0. The van der Waals surface area contributed by atoms with E-state index in [1.165, 1.54) is 154 Å². The smallest absolute Gasteiger partial charge is 0.220 e. The van der Waals surface area contributed by atoms with Crippen LogP contribution in [0.2, 0.25) is 0 Å². The summed E-state index contributed by atoms with van der Waals surface area (Å²) in [6, 6.07) is -0.911. The molecule has 0 aromatic rings. The van der Waals surface area contributed by atoms with Crippen LogP contribution < -0.4 is 5.32 Å². The molecule has 9 N–H and O–H groups in total. The number of carbonyl (C=O) groups is 1. The lowest BCUT2D eigenvalue weighted by Crippen LogP contribution is -2.65. The predicted octanol–water partition coefficient (Wildman–Crippen LogP) is 8.11. The molecule has 0 radical (unpaired) electrons. The molecule has 2 heterocycles. The third-order valence-corrected chi connectivity index (χ3v) is 13.6. The summed E-state index contributed by atoms with van der Waals surface area (Å²) in [4.78, 5) is 13.2. The van der Waals surface area contributed by atoms with Gasteiger partial charge in [-0.1, -0.05) is 192 Å². The Morgan fingerprint density at radius 3 is 1.40 bits per heavy atom. The van der Waals surface area contributed by atoms with Crippen molar-refractivity contribution in [1.29, 1.82) is 0 Å². The quantitative estimate of drug-likeness (QED) is 0.0208. The van der Waals surface area contributed by atoms with E-state index in [2.05, 4.69) is 31.3 Å². The van der Waals surface area contributed by atoms with Gasteiger partial charge in [-0.3, -0.25) is 4.79 Å². The Balaban J connectivity index is 1.78. The first-order valence-electron chi connectivity index (χ1n) is 27.6. The molecule has 2 rings (SSSR count). The SMILES string of the molecule is CCCCCCCC/C=C\CCCCCCCCCCCCCC(=O)N[C@@H](CO[C@@H]1OC(CO)[C@@H](O[C@@H]2OC(CO)[C@H](O)C(O)C2O)C(O)C1O)[C@H](O)/C=C/CCCCCCCCCCCCC. The average molecular weight is 972 g/mol. The van der Waals surface area contributed by atoms with E-state index in [9.17, 15) is 45.6 Å². The lowest BCUT2D eigenvalue weighted by atomic mass is 9.97. The van der Waals surface area contributed by atoms with E-state index >= 15 is 0 Å². The number of nitrogens with one attached hydrogen (secondary N) is 1. The van der Waals surface area contributed by atoms with Gasteiger partial charge in [-0.2, -0.15) is 0 Å². The van der Waals surface area contributed by atoms with Crippen molar-refractivity contribution < 1.29 is 64.6 Å². The van der Waals surface area contributed by atoms with Gasteiger partial charge in [-0.05, 0) is 44.9 Å². The molecule has 0 aromatic carbocycles. The molecule has 6 unspecified atom stereocenters. The first kappa shape index (κ1) is 62.6. The summed E-state index contributed by atoms with van der Waals surface area (Å²) in [5.74, 6) is -0.240. The highest BCUT2D eigenvalue weighted by molar-refractivity contribution is 5.76. The molecule has 0 spiro atoms. The zero-order chi connectivity index (χ0) is 49.6. The Kier molecular flexibility index (Phi) is 37.7. The van der Waals surface area contributed by atoms with Crippen molar-refractivity contribution in [3.8, 4) is 0 Å². The molecule has 1 amide bonds.